The first-order valence-corrected chi connectivity index (χ1v) is 6.78. The Hall–Kier alpha value is -1.91. The lowest BCUT2D eigenvalue weighted by Crippen LogP contribution is -2.30. The van der Waals surface area contributed by atoms with Gasteiger partial charge in [0.1, 0.15) is 0 Å². The van der Waals surface area contributed by atoms with Crippen LogP contribution in [-0.2, 0) is 9.53 Å². The molecule has 1 aromatic rings. The van der Waals surface area contributed by atoms with E-state index in [0.717, 1.165) is 5.69 Å². The largest absolute Gasteiger partial charge is 0.462 e. The highest BCUT2D eigenvalue weighted by atomic mass is 16.5. The number of hydrogen-bond acceptors (Lipinski definition) is 4. The molecule has 0 fully saturated rings. The molecular weight excluding hydrogens is 256 g/mol. The van der Waals surface area contributed by atoms with Gasteiger partial charge in [0, 0.05) is 6.92 Å². The SMILES string of the molecule is CCOC(=O)c1ccc([C@@H](NC(C)=O)C(C)C)nc1C. The van der Waals surface area contributed by atoms with E-state index >= 15 is 0 Å². The van der Waals surface area contributed by atoms with Gasteiger partial charge in [0.15, 0.2) is 0 Å². The van der Waals surface area contributed by atoms with E-state index in [0.29, 0.717) is 17.9 Å². The number of aryl methyl sites for hydroxylation is 1. The van der Waals surface area contributed by atoms with E-state index in [1.807, 2.05) is 13.8 Å². The number of hydrogen-bond donors (Lipinski definition) is 1. The van der Waals surface area contributed by atoms with Crippen LogP contribution in [0.3, 0.4) is 0 Å². The molecule has 20 heavy (non-hydrogen) atoms. The van der Waals surface area contributed by atoms with Crippen LogP contribution in [-0.4, -0.2) is 23.5 Å². The van der Waals surface area contributed by atoms with Gasteiger partial charge in [-0.05, 0) is 31.9 Å². The van der Waals surface area contributed by atoms with Crippen molar-refractivity contribution in [1.82, 2.24) is 10.3 Å². The van der Waals surface area contributed by atoms with Crippen LogP contribution >= 0.6 is 0 Å². The second-order valence-electron chi connectivity index (χ2n) is 5.01. The molecule has 0 spiro atoms. The summed E-state index contributed by atoms with van der Waals surface area (Å²) in [4.78, 5) is 27.4. The summed E-state index contributed by atoms with van der Waals surface area (Å²) < 4.78 is 4.97. The predicted octanol–water partition coefficient (Wildman–Crippen LogP) is 2.40. The minimum atomic E-state index is -0.371. The second kappa shape index (κ2) is 7.03. The van der Waals surface area contributed by atoms with Crippen LogP contribution in [0.5, 0.6) is 0 Å². The Kier molecular flexibility index (Phi) is 5.67. The molecule has 5 nitrogen and oxygen atoms in total. The molecule has 0 saturated carbocycles. The van der Waals surface area contributed by atoms with Crippen LogP contribution < -0.4 is 5.32 Å². The van der Waals surface area contributed by atoms with Crippen LogP contribution in [0.4, 0.5) is 0 Å². The van der Waals surface area contributed by atoms with E-state index in [4.69, 9.17) is 4.74 Å². The van der Waals surface area contributed by atoms with Crippen LogP contribution in [0.1, 0.15) is 55.5 Å². The van der Waals surface area contributed by atoms with Crippen molar-refractivity contribution in [3.8, 4) is 0 Å². The number of carbonyl (C=O) groups excluding carboxylic acids is 2. The van der Waals surface area contributed by atoms with Crippen molar-refractivity contribution in [1.29, 1.82) is 0 Å². The Labute approximate surface area is 119 Å². The molecule has 1 heterocycles. The van der Waals surface area contributed by atoms with Crippen molar-refractivity contribution in [3.05, 3.63) is 29.1 Å². The van der Waals surface area contributed by atoms with E-state index in [2.05, 4.69) is 10.3 Å². The molecule has 1 aromatic heterocycles. The number of nitrogens with zero attached hydrogens (tertiary/aromatic N) is 1. The Morgan fingerprint density at radius 3 is 2.45 bits per heavy atom. The molecule has 0 aliphatic carbocycles. The van der Waals surface area contributed by atoms with Gasteiger partial charge >= 0.3 is 5.97 Å². The van der Waals surface area contributed by atoms with Gasteiger partial charge in [-0.1, -0.05) is 13.8 Å². The third-order valence-corrected chi connectivity index (χ3v) is 2.95. The lowest BCUT2D eigenvalue weighted by Gasteiger charge is -2.22. The number of nitrogens with one attached hydrogen (secondary N) is 1. The topological polar surface area (TPSA) is 68.3 Å². The zero-order valence-corrected chi connectivity index (χ0v) is 12.7. The summed E-state index contributed by atoms with van der Waals surface area (Å²) in [7, 11) is 0. The molecule has 110 valence electrons. The summed E-state index contributed by atoms with van der Waals surface area (Å²) >= 11 is 0. The van der Waals surface area contributed by atoms with Gasteiger partial charge in [0.25, 0.3) is 0 Å². The fraction of sp³-hybridized carbons (Fsp3) is 0.533. The van der Waals surface area contributed by atoms with Gasteiger partial charge in [-0.25, -0.2) is 4.79 Å². The maximum atomic E-state index is 11.7. The maximum absolute atomic E-state index is 11.7. The summed E-state index contributed by atoms with van der Waals surface area (Å²) in [6.45, 7) is 9.37. The fourth-order valence-corrected chi connectivity index (χ4v) is 1.98. The van der Waals surface area contributed by atoms with E-state index < -0.39 is 0 Å². The Morgan fingerprint density at radius 2 is 2.00 bits per heavy atom. The number of rotatable bonds is 5. The monoisotopic (exact) mass is 278 g/mol. The van der Waals surface area contributed by atoms with Gasteiger partial charge in [-0.15, -0.1) is 0 Å². The molecule has 5 heteroatoms. The number of carbonyl (C=O) groups is 2. The second-order valence-corrected chi connectivity index (χ2v) is 5.01. The van der Waals surface area contributed by atoms with Crippen molar-refractivity contribution >= 4 is 11.9 Å². The molecule has 0 aliphatic rings. The predicted molar refractivity (Wildman–Crippen MR) is 76.3 cm³/mol. The molecular formula is C15H22N2O3. The zero-order chi connectivity index (χ0) is 15.3. The molecule has 0 aliphatic heterocycles. The van der Waals surface area contributed by atoms with Gasteiger partial charge in [-0.2, -0.15) is 0 Å². The quantitative estimate of drug-likeness (QED) is 0.840. The van der Waals surface area contributed by atoms with Crippen molar-refractivity contribution < 1.29 is 14.3 Å². The van der Waals surface area contributed by atoms with Crippen LogP contribution in [0.2, 0.25) is 0 Å². The van der Waals surface area contributed by atoms with E-state index in [-0.39, 0.29) is 23.8 Å². The smallest absolute Gasteiger partial charge is 0.339 e. The number of ether oxygens (including phenoxy) is 1. The van der Waals surface area contributed by atoms with E-state index in [9.17, 15) is 9.59 Å². The van der Waals surface area contributed by atoms with Crippen molar-refractivity contribution in [2.24, 2.45) is 5.92 Å². The lowest BCUT2D eigenvalue weighted by molar-refractivity contribution is -0.120. The fourth-order valence-electron chi connectivity index (χ4n) is 1.98. The van der Waals surface area contributed by atoms with Crippen LogP contribution in [0, 0.1) is 12.8 Å². The first-order valence-electron chi connectivity index (χ1n) is 6.78. The molecule has 1 rings (SSSR count). The zero-order valence-electron chi connectivity index (χ0n) is 12.7. The minimum absolute atomic E-state index is 0.0994. The summed E-state index contributed by atoms with van der Waals surface area (Å²) in [5.41, 5.74) is 1.82. The molecule has 0 saturated heterocycles. The molecule has 0 aromatic carbocycles. The molecule has 1 N–H and O–H groups in total. The third kappa shape index (κ3) is 4.05. The summed E-state index contributed by atoms with van der Waals surface area (Å²) in [6, 6.07) is 3.30. The normalized spacial score (nSPS) is 12.1. The van der Waals surface area contributed by atoms with E-state index in [1.165, 1.54) is 6.92 Å². The average Bonchev–Trinajstić information content (AvgIpc) is 2.35. The number of aromatic nitrogens is 1. The van der Waals surface area contributed by atoms with Gasteiger partial charge < -0.3 is 10.1 Å². The standard InChI is InChI=1S/C15H22N2O3/c1-6-20-15(19)12-7-8-13(16-10(12)4)14(9(2)3)17-11(5)18/h7-9,14H,6H2,1-5H3,(H,17,18)/t14-/m0/s1. The molecule has 1 atom stereocenters. The Morgan fingerprint density at radius 1 is 1.35 bits per heavy atom. The maximum Gasteiger partial charge on any atom is 0.339 e. The molecule has 0 bridgehead atoms. The minimum Gasteiger partial charge on any atom is -0.462 e. The van der Waals surface area contributed by atoms with Crippen LogP contribution in [0.25, 0.3) is 0 Å². The number of pyridine rings is 1. The Bertz CT molecular complexity index is 498. The summed E-state index contributed by atoms with van der Waals surface area (Å²) in [5.74, 6) is -0.262. The first-order chi connectivity index (χ1) is 9.36. The number of amides is 1. The molecule has 0 radical (unpaired) electrons. The van der Waals surface area contributed by atoms with Crippen LogP contribution in [0.15, 0.2) is 12.1 Å². The highest BCUT2D eigenvalue weighted by molar-refractivity contribution is 5.90. The summed E-state index contributed by atoms with van der Waals surface area (Å²) in [6.07, 6.45) is 0. The Balaban J connectivity index is 3.05. The lowest BCUT2D eigenvalue weighted by atomic mass is 9.99. The van der Waals surface area contributed by atoms with E-state index in [1.54, 1.807) is 26.0 Å². The molecule has 1 amide bonds. The third-order valence-electron chi connectivity index (χ3n) is 2.95. The van der Waals surface area contributed by atoms with Gasteiger partial charge in [-0.3, -0.25) is 9.78 Å². The first kappa shape index (κ1) is 16.1. The van der Waals surface area contributed by atoms with Crippen molar-refractivity contribution in [3.63, 3.8) is 0 Å². The molecule has 0 unspecified atom stereocenters. The highest BCUT2D eigenvalue weighted by Gasteiger charge is 2.20. The van der Waals surface area contributed by atoms with Gasteiger partial charge in [0.05, 0.1) is 29.6 Å². The highest BCUT2D eigenvalue weighted by Crippen LogP contribution is 2.21. The van der Waals surface area contributed by atoms with Crippen molar-refractivity contribution in [2.45, 2.75) is 40.7 Å². The van der Waals surface area contributed by atoms with Gasteiger partial charge in [0.2, 0.25) is 5.91 Å². The van der Waals surface area contributed by atoms with Crippen molar-refractivity contribution in [2.75, 3.05) is 6.61 Å². The summed E-state index contributed by atoms with van der Waals surface area (Å²) in [5, 5.41) is 2.88. The number of esters is 1. The average molecular weight is 278 g/mol.